The number of nitrogens with zero attached hydrogens (tertiary/aromatic N) is 2. The van der Waals surface area contributed by atoms with Crippen molar-refractivity contribution in [2.24, 2.45) is 0 Å². The van der Waals surface area contributed by atoms with E-state index < -0.39 is 16.0 Å². The topological polar surface area (TPSA) is 87.5 Å². The Balaban J connectivity index is 3.45. The van der Waals surface area contributed by atoms with Crippen LogP contribution in [0.3, 0.4) is 0 Å². The molecule has 0 saturated heterocycles. The summed E-state index contributed by atoms with van der Waals surface area (Å²) in [6.45, 7) is 0. The summed E-state index contributed by atoms with van der Waals surface area (Å²) in [6.07, 6.45) is 1.02. The van der Waals surface area contributed by atoms with Gasteiger partial charge in [-0.15, -0.1) is 0 Å². The Bertz CT molecular complexity index is 616. The van der Waals surface area contributed by atoms with Gasteiger partial charge in [-0.3, -0.25) is 4.31 Å². The molecule has 0 saturated carbocycles. The van der Waals surface area contributed by atoms with Gasteiger partial charge in [-0.2, -0.15) is 5.26 Å². The predicted molar refractivity (Wildman–Crippen MR) is 65.7 cm³/mol. The summed E-state index contributed by atoms with van der Waals surface area (Å²) in [5, 5.41) is 8.77. The highest BCUT2D eigenvalue weighted by molar-refractivity contribution is 7.92. The second kappa shape index (κ2) is 5.06. The molecule has 0 atom stereocenters. The van der Waals surface area contributed by atoms with Gasteiger partial charge in [0.2, 0.25) is 10.0 Å². The summed E-state index contributed by atoms with van der Waals surface area (Å²) in [5.74, 6) is -0.697. The van der Waals surface area contributed by atoms with Gasteiger partial charge in [0.1, 0.15) is 0 Å². The largest absolute Gasteiger partial charge is 0.465 e. The van der Waals surface area contributed by atoms with Crippen molar-refractivity contribution in [1.29, 1.82) is 5.26 Å². The maximum Gasteiger partial charge on any atom is 0.340 e. The minimum atomic E-state index is -3.50. The van der Waals surface area contributed by atoms with E-state index in [1.165, 1.54) is 32.4 Å². The van der Waals surface area contributed by atoms with Crippen LogP contribution in [-0.2, 0) is 14.8 Å². The predicted octanol–water partition coefficient (Wildman–Crippen LogP) is 0.741. The lowest BCUT2D eigenvalue weighted by Gasteiger charge is -2.19. The van der Waals surface area contributed by atoms with Crippen LogP contribution < -0.4 is 4.31 Å². The van der Waals surface area contributed by atoms with Crippen LogP contribution in [0.1, 0.15) is 15.9 Å². The van der Waals surface area contributed by atoms with Crippen LogP contribution in [0.15, 0.2) is 18.2 Å². The number of benzene rings is 1. The number of carbonyl (C=O) groups is 1. The molecule has 0 aliphatic carbocycles. The quantitative estimate of drug-likeness (QED) is 0.754. The van der Waals surface area contributed by atoms with E-state index in [1.807, 2.05) is 6.07 Å². The third-order valence-corrected chi connectivity index (χ3v) is 3.56. The van der Waals surface area contributed by atoms with Crippen LogP contribution in [0.5, 0.6) is 0 Å². The van der Waals surface area contributed by atoms with Crippen molar-refractivity contribution >= 4 is 21.7 Å². The highest BCUT2D eigenvalue weighted by Crippen LogP contribution is 2.23. The molecule has 0 aliphatic heterocycles. The highest BCUT2D eigenvalue weighted by Gasteiger charge is 2.20. The smallest absolute Gasteiger partial charge is 0.340 e. The fourth-order valence-electron chi connectivity index (χ4n) is 1.33. The molecule has 0 unspecified atom stereocenters. The average molecular weight is 268 g/mol. The molecule has 6 nitrogen and oxygen atoms in total. The zero-order valence-corrected chi connectivity index (χ0v) is 11.0. The number of sulfonamides is 1. The minimum Gasteiger partial charge on any atom is -0.465 e. The molecule has 0 amide bonds. The second-order valence-electron chi connectivity index (χ2n) is 3.57. The summed E-state index contributed by atoms with van der Waals surface area (Å²) in [6, 6.07) is 6.00. The van der Waals surface area contributed by atoms with E-state index in [4.69, 9.17) is 5.26 Å². The molecule has 0 radical (unpaired) electrons. The Kier molecular flexibility index (Phi) is 3.93. The molecule has 1 rings (SSSR count). The third kappa shape index (κ3) is 2.78. The zero-order chi connectivity index (χ0) is 13.9. The fraction of sp³-hybridized carbons (Fsp3) is 0.273. The molecule has 18 heavy (non-hydrogen) atoms. The molecule has 0 aromatic heterocycles. The van der Waals surface area contributed by atoms with Gasteiger partial charge in [0.25, 0.3) is 0 Å². The molecule has 7 heteroatoms. The van der Waals surface area contributed by atoms with Gasteiger partial charge in [0.15, 0.2) is 0 Å². The van der Waals surface area contributed by atoms with E-state index in [-0.39, 0.29) is 16.8 Å². The number of esters is 1. The molecule has 0 spiro atoms. The summed E-state index contributed by atoms with van der Waals surface area (Å²) in [4.78, 5) is 11.6. The Labute approximate surface area is 105 Å². The third-order valence-electron chi connectivity index (χ3n) is 2.37. The average Bonchev–Trinajstić information content (AvgIpc) is 2.35. The number of nitriles is 1. The maximum absolute atomic E-state index is 11.6. The zero-order valence-electron chi connectivity index (χ0n) is 10.2. The number of hydrogen-bond acceptors (Lipinski definition) is 5. The molecule has 0 fully saturated rings. The van der Waals surface area contributed by atoms with Gasteiger partial charge in [0, 0.05) is 7.05 Å². The molecular formula is C11H12N2O4S. The number of hydrogen-bond donors (Lipinski definition) is 0. The Morgan fingerprint density at radius 2 is 2.06 bits per heavy atom. The monoisotopic (exact) mass is 268 g/mol. The first-order valence-corrected chi connectivity index (χ1v) is 6.72. The summed E-state index contributed by atoms with van der Waals surface area (Å²) < 4.78 is 28.4. The lowest BCUT2D eigenvalue weighted by molar-refractivity contribution is 0.0601. The Hall–Kier alpha value is -2.07. The van der Waals surface area contributed by atoms with Gasteiger partial charge in [-0.05, 0) is 18.2 Å². The molecular weight excluding hydrogens is 256 g/mol. The van der Waals surface area contributed by atoms with Gasteiger partial charge >= 0.3 is 5.97 Å². The molecule has 1 aromatic rings. The van der Waals surface area contributed by atoms with E-state index in [0.717, 1.165) is 10.6 Å². The van der Waals surface area contributed by atoms with Crippen LogP contribution in [0.4, 0.5) is 5.69 Å². The van der Waals surface area contributed by atoms with Crippen molar-refractivity contribution in [3.05, 3.63) is 29.3 Å². The van der Waals surface area contributed by atoms with E-state index in [0.29, 0.717) is 0 Å². The van der Waals surface area contributed by atoms with Gasteiger partial charge in [-0.25, -0.2) is 13.2 Å². The van der Waals surface area contributed by atoms with Crippen LogP contribution in [0, 0.1) is 11.3 Å². The Morgan fingerprint density at radius 1 is 1.44 bits per heavy atom. The highest BCUT2D eigenvalue weighted by atomic mass is 32.2. The molecule has 0 bridgehead atoms. The van der Waals surface area contributed by atoms with E-state index in [1.54, 1.807) is 0 Å². The first kappa shape index (κ1) is 14.0. The van der Waals surface area contributed by atoms with Crippen LogP contribution in [0.2, 0.25) is 0 Å². The number of anilines is 1. The summed E-state index contributed by atoms with van der Waals surface area (Å²) >= 11 is 0. The van der Waals surface area contributed by atoms with Gasteiger partial charge in [0.05, 0.1) is 36.2 Å². The standard InChI is InChI=1S/C11H12N2O4S/c1-13(18(3,15)16)10-5-4-8(7-12)6-9(10)11(14)17-2/h4-6H,1-3H3. The lowest BCUT2D eigenvalue weighted by Crippen LogP contribution is -2.27. The summed E-state index contributed by atoms with van der Waals surface area (Å²) in [5.41, 5.74) is 0.453. The van der Waals surface area contributed by atoms with Crippen molar-refractivity contribution in [3.8, 4) is 6.07 Å². The van der Waals surface area contributed by atoms with E-state index in [2.05, 4.69) is 4.74 Å². The van der Waals surface area contributed by atoms with Crippen molar-refractivity contribution in [2.45, 2.75) is 0 Å². The molecule has 1 aromatic carbocycles. The first-order chi connectivity index (χ1) is 8.31. The van der Waals surface area contributed by atoms with Crippen molar-refractivity contribution in [3.63, 3.8) is 0 Å². The van der Waals surface area contributed by atoms with Gasteiger partial charge < -0.3 is 4.74 Å². The van der Waals surface area contributed by atoms with E-state index >= 15 is 0 Å². The van der Waals surface area contributed by atoms with Crippen LogP contribution in [-0.4, -0.2) is 34.8 Å². The fourth-order valence-corrected chi connectivity index (χ4v) is 1.85. The van der Waals surface area contributed by atoms with Crippen molar-refractivity contribution in [1.82, 2.24) is 0 Å². The van der Waals surface area contributed by atoms with Crippen molar-refractivity contribution in [2.75, 3.05) is 24.7 Å². The number of methoxy groups -OCH3 is 1. The number of rotatable bonds is 3. The molecule has 96 valence electrons. The molecule has 0 heterocycles. The second-order valence-corrected chi connectivity index (χ2v) is 5.58. The Morgan fingerprint density at radius 3 is 2.50 bits per heavy atom. The molecule has 0 aliphatic rings. The lowest BCUT2D eigenvalue weighted by atomic mass is 10.1. The maximum atomic E-state index is 11.6. The molecule has 0 N–H and O–H groups in total. The normalized spacial score (nSPS) is 10.6. The van der Waals surface area contributed by atoms with Crippen LogP contribution >= 0.6 is 0 Å². The van der Waals surface area contributed by atoms with Crippen LogP contribution in [0.25, 0.3) is 0 Å². The van der Waals surface area contributed by atoms with Crippen molar-refractivity contribution < 1.29 is 17.9 Å². The SMILES string of the molecule is COC(=O)c1cc(C#N)ccc1N(C)S(C)(=O)=O. The summed E-state index contributed by atoms with van der Waals surface area (Å²) in [7, 11) is -0.988. The first-order valence-electron chi connectivity index (χ1n) is 4.87. The minimum absolute atomic E-state index is 0.0319. The number of ether oxygens (including phenoxy) is 1. The number of carbonyl (C=O) groups excluding carboxylic acids is 1. The van der Waals surface area contributed by atoms with E-state index in [9.17, 15) is 13.2 Å². The van der Waals surface area contributed by atoms with Gasteiger partial charge in [-0.1, -0.05) is 0 Å².